The van der Waals surface area contributed by atoms with E-state index < -0.39 is 17.1 Å². The average Bonchev–Trinajstić information content (AvgIpc) is 2.72. The lowest BCUT2D eigenvalue weighted by molar-refractivity contribution is -0.0716. The van der Waals surface area contributed by atoms with Gasteiger partial charge in [0.25, 0.3) is 0 Å². The van der Waals surface area contributed by atoms with Gasteiger partial charge in [0.15, 0.2) is 0 Å². The van der Waals surface area contributed by atoms with Crippen LogP contribution in [0.15, 0.2) is 0 Å². The number of nitrogens with one attached hydrogen (secondary N) is 1. The zero-order valence-electron chi connectivity index (χ0n) is 20.5. The van der Waals surface area contributed by atoms with E-state index in [9.17, 15) is 0 Å². The van der Waals surface area contributed by atoms with E-state index in [0.29, 0.717) is 0 Å². The normalized spacial score (nSPS) is 17.2. The van der Waals surface area contributed by atoms with Gasteiger partial charge in [-0.2, -0.15) is 0 Å². The summed E-state index contributed by atoms with van der Waals surface area (Å²) in [6.45, 7) is 12.5. The van der Waals surface area contributed by atoms with E-state index in [-0.39, 0.29) is 23.9 Å². The highest BCUT2D eigenvalue weighted by Gasteiger charge is 2.43. The zero-order valence-corrected chi connectivity index (χ0v) is 22.5. The van der Waals surface area contributed by atoms with Gasteiger partial charge in [-0.3, -0.25) is 5.32 Å². The summed E-state index contributed by atoms with van der Waals surface area (Å²) in [5.74, 6) is 0. The summed E-state index contributed by atoms with van der Waals surface area (Å²) in [4.78, 5) is 0. The fourth-order valence-electron chi connectivity index (χ4n) is 3.28. The van der Waals surface area contributed by atoms with E-state index in [4.69, 9.17) is 27.2 Å². The molecule has 0 radical (unpaired) electrons. The molecule has 0 saturated carbocycles. The van der Waals surface area contributed by atoms with Crippen molar-refractivity contribution in [1.29, 1.82) is 0 Å². The van der Waals surface area contributed by atoms with Crippen molar-refractivity contribution in [2.24, 2.45) is 0 Å². The minimum Gasteiger partial charge on any atom is -0.396 e. The first-order chi connectivity index (χ1) is 13.7. The van der Waals surface area contributed by atoms with E-state index >= 15 is 0 Å². The van der Waals surface area contributed by atoms with Gasteiger partial charge in [-0.1, -0.05) is 39.5 Å². The summed E-state index contributed by atoms with van der Waals surface area (Å²) in [6.07, 6.45) is 5.79. The Kier molecular flexibility index (Phi) is 15.1. The van der Waals surface area contributed by atoms with E-state index in [0.717, 1.165) is 38.5 Å². The Morgan fingerprint density at radius 2 is 0.966 bits per heavy atom. The molecule has 29 heavy (non-hydrogen) atoms. The molecular formula is C20H47NO6Si2. The maximum atomic E-state index is 6.34. The molecule has 1 N–H and O–H groups in total. The quantitative estimate of drug-likeness (QED) is 0.246. The van der Waals surface area contributed by atoms with Crippen LogP contribution in [0.1, 0.15) is 66.2 Å². The molecular weight excluding hydrogens is 406 g/mol. The van der Waals surface area contributed by atoms with Gasteiger partial charge in [-0.05, 0) is 39.8 Å². The summed E-state index contributed by atoms with van der Waals surface area (Å²) >= 11 is 0. The Labute approximate surface area is 181 Å². The summed E-state index contributed by atoms with van der Waals surface area (Å²) in [6, 6.07) is 0. The second kappa shape index (κ2) is 15.0. The van der Waals surface area contributed by atoms with Crippen LogP contribution in [0.2, 0.25) is 13.1 Å². The van der Waals surface area contributed by atoms with Crippen LogP contribution in [0.4, 0.5) is 0 Å². The van der Waals surface area contributed by atoms with Gasteiger partial charge in [0.2, 0.25) is 0 Å². The Morgan fingerprint density at radius 3 is 1.21 bits per heavy atom. The molecule has 0 aromatic rings. The molecule has 0 aromatic heterocycles. The minimum atomic E-state index is -2.41. The third kappa shape index (κ3) is 9.88. The van der Waals surface area contributed by atoms with Crippen molar-refractivity contribution in [2.75, 3.05) is 28.4 Å². The summed E-state index contributed by atoms with van der Waals surface area (Å²) in [5, 5.41) is 3.41. The predicted molar refractivity (Wildman–Crippen MR) is 122 cm³/mol. The van der Waals surface area contributed by atoms with Gasteiger partial charge >= 0.3 is 17.1 Å². The number of ether oxygens (including phenoxy) is 2. The van der Waals surface area contributed by atoms with Gasteiger partial charge in [0.1, 0.15) is 23.9 Å². The maximum absolute atomic E-state index is 6.34. The Bertz CT molecular complexity index is 374. The average molecular weight is 454 g/mol. The molecule has 7 nitrogen and oxygen atoms in total. The van der Waals surface area contributed by atoms with Crippen LogP contribution in [0.3, 0.4) is 0 Å². The molecule has 0 rings (SSSR count). The maximum Gasteiger partial charge on any atom is 0.364 e. The number of hydrogen-bond donors (Lipinski definition) is 1. The van der Waals surface area contributed by atoms with Crippen molar-refractivity contribution in [3.8, 4) is 0 Å². The monoisotopic (exact) mass is 453 g/mol. The molecule has 0 aliphatic heterocycles. The smallest absolute Gasteiger partial charge is 0.364 e. The third-order valence-electron chi connectivity index (χ3n) is 5.64. The first-order valence-electron chi connectivity index (χ1n) is 10.9. The second-order valence-electron chi connectivity index (χ2n) is 7.83. The van der Waals surface area contributed by atoms with E-state index in [1.54, 1.807) is 28.4 Å². The molecule has 0 aliphatic carbocycles. The SMILES string of the molecule is CCCCC(OC(C)NC(C)OC(CCCC)[Si](C)(OC)OC)[Si](C)(OC)OC. The summed E-state index contributed by atoms with van der Waals surface area (Å²) < 4.78 is 35.6. The topological polar surface area (TPSA) is 67.4 Å². The molecule has 0 bridgehead atoms. The minimum absolute atomic E-state index is 0.0550. The molecule has 9 heteroatoms. The first-order valence-corrected chi connectivity index (χ1v) is 15.7. The Hall–Kier alpha value is 0.154. The molecule has 0 heterocycles. The van der Waals surface area contributed by atoms with Crippen LogP contribution in [0.25, 0.3) is 0 Å². The summed E-state index contributed by atoms with van der Waals surface area (Å²) in [7, 11) is 2.03. The number of unbranched alkanes of at least 4 members (excludes halogenated alkanes) is 2. The highest BCUT2D eigenvalue weighted by atomic mass is 28.4. The van der Waals surface area contributed by atoms with Gasteiger partial charge in [-0.25, -0.2) is 0 Å². The van der Waals surface area contributed by atoms with Crippen molar-refractivity contribution in [2.45, 2.75) is 103 Å². The molecule has 4 atom stereocenters. The van der Waals surface area contributed by atoms with Crippen molar-refractivity contribution in [3.05, 3.63) is 0 Å². The fraction of sp³-hybridized carbons (Fsp3) is 1.00. The molecule has 0 amide bonds. The molecule has 0 aromatic carbocycles. The number of rotatable bonds is 18. The van der Waals surface area contributed by atoms with Gasteiger partial charge in [0.05, 0.1) is 0 Å². The van der Waals surface area contributed by atoms with E-state index in [1.165, 1.54) is 0 Å². The van der Waals surface area contributed by atoms with Crippen molar-refractivity contribution in [1.82, 2.24) is 5.32 Å². The lowest BCUT2D eigenvalue weighted by atomic mass is 10.2. The van der Waals surface area contributed by atoms with Crippen LogP contribution in [-0.2, 0) is 27.2 Å². The molecule has 0 fully saturated rings. The van der Waals surface area contributed by atoms with Gasteiger partial charge in [0, 0.05) is 28.4 Å². The standard InChI is InChI=1S/C20H47NO6Si2/c1-11-13-15-19(28(9,22-5)23-6)26-17(3)21-18(4)27-20(16-14-12-2)29(10,24-7)25-8/h17-21H,11-16H2,1-10H3. The van der Waals surface area contributed by atoms with Crippen LogP contribution < -0.4 is 5.32 Å². The predicted octanol–water partition coefficient (Wildman–Crippen LogP) is 4.23. The first kappa shape index (κ1) is 29.2. The zero-order chi connectivity index (χ0) is 22.5. The molecule has 0 saturated heterocycles. The van der Waals surface area contributed by atoms with Crippen molar-refractivity contribution in [3.63, 3.8) is 0 Å². The van der Waals surface area contributed by atoms with Gasteiger partial charge < -0.3 is 27.2 Å². The van der Waals surface area contributed by atoms with Crippen molar-refractivity contribution < 1.29 is 27.2 Å². The molecule has 4 unspecified atom stereocenters. The Morgan fingerprint density at radius 1 is 0.655 bits per heavy atom. The highest BCUT2D eigenvalue weighted by Crippen LogP contribution is 2.23. The van der Waals surface area contributed by atoms with Gasteiger partial charge in [-0.15, -0.1) is 0 Å². The summed E-state index contributed by atoms with van der Waals surface area (Å²) in [5.41, 5.74) is -0.110. The van der Waals surface area contributed by atoms with Crippen LogP contribution in [0, 0.1) is 0 Å². The molecule has 0 aliphatic rings. The third-order valence-corrected chi connectivity index (χ3v) is 12.1. The van der Waals surface area contributed by atoms with Crippen LogP contribution in [-0.4, -0.2) is 69.5 Å². The lowest BCUT2D eigenvalue weighted by Crippen LogP contribution is -2.56. The van der Waals surface area contributed by atoms with Crippen LogP contribution >= 0.6 is 0 Å². The molecule has 0 spiro atoms. The van der Waals surface area contributed by atoms with Crippen LogP contribution in [0.5, 0.6) is 0 Å². The van der Waals surface area contributed by atoms with Crippen molar-refractivity contribution >= 4 is 17.1 Å². The highest BCUT2D eigenvalue weighted by molar-refractivity contribution is 6.67. The Balaban J connectivity index is 5.02. The van der Waals surface area contributed by atoms with E-state index in [2.05, 4.69) is 32.3 Å². The lowest BCUT2D eigenvalue weighted by Gasteiger charge is -2.36. The fourth-order valence-corrected chi connectivity index (χ4v) is 7.03. The van der Waals surface area contributed by atoms with E-state index in [1.807, 2.05) is 13.8 Å². The molecule has 176 valence electrons. The number of hydrogen-bond acceptors (Lipinski definition) is 7. The largest absolute Gasteiger partial charge is 0.396 e. The second-order valence-corrected chi connectivity index (χ2v) is 14.8.